The molecular weight excluding hydrogens is 280 g/mol. The van der Waals surface area contributed by atoms with Crippen molar-refractivity contribution in [3.8, 4) is 11.3 Å². The van der Waals surface area contributed by atoms with Crippen LogP contribution in [0, 0.1) is 0 Å². The van der Waals surface area contributed by atoms with Crippen LogP contribution in [0.1, 0.15) is 19.0 Å². The van der Waals surface area contributed by atoms with Crippen molar-refractivity contribution < 1.29 is 4.42 Å². The first-order valence-electron chi connectivity index (χ1n) is 5.70. The molecule has 0 saturated carbocycles. The molecule has 0 aliphatic heterocycles. The van der Waals surface area contributed by atoms with Gasteiger partial charge in [0.05, 0.1) is 0 Å². The Morgan fingerprint density at radius 1 is 1.29 bits per heavy atom. The molecule has 1 aromatic heterocycles. The second-order valence-electron chi connectivity index (χ2n) is 3.81. The standard InChI is InChI=1S/C13H15BrN2O/c1-2-7-15-8-12-13(17-9-16-12)10-3-5-11(14)6-4-10/h3-6,9,15H,2,7-8H2,1H3. The summed E-state index contributed by atoms with van der Waals surface area (Å²) in [7, 11) is 0. The van der Waals surface area contributed by atoms with E-state index in [1.165, 1.54) is 6.39 Å². The zero-order valence-electron chi connectivity index (χ0n) is 9.74. The second-order valence-corrected chi connectivity index (χ2v) is 4.73. The van der Waals surface area contributed by atoms with Gasteiger partial charge in [-0.25, -0.2) is 4.98 Å². The van der Waals surface area contributed by atoms with Crippen LogP contribution < -0.4 is 5.32 Å². The first-order valence-corrected chi connectivity index (χ1v) is 6.49. The lowest BCUT2D eigenvalue weighted by Gasteiger charge is -2.03. The van der Waals surface area contributed by atoms with Gasteiger partial charge < -0.3 is 9.73 Å². The van der Waals surface area contributed by atoms with Crippen LogP contribution in [0.3, 0.4) is 0 Å². The summed E-state index contributed by atoms with van der Waals surface area (Å²) >= 11 is 3.42. The van der Waals surface area contributed by atoms with E-state index in [0.29, 0.717) is 0 Å². The van der Waals surface area contributed by atoms with Crippen molar-refractivity contribution in [2.75, 3.05) is 6.54 Å². The predicted octanol–water partition coefficient (Wildman–Crippen LogP) is 3.60. The highest BCUT2D eigenvalue weighted by atomic mass is 79.9. The fraction of sp³-hybridized carbons (Fsp3) is 0.308. The molecule has 90 valence electrons. The lowest BCUT2D eigenvalue weighted by atomic mass is 10.1. The maximum absolute atomic E-state index is 5.45. The molecule has 2 aromatic rings. The van der Waals surface area contributed by atoms with Crippen molar-refractivity contribution in [1.29, 1.82) is 0 Å². The van der Waals surface area contributed by atoms with Crippen LogP contribution in [0.4, 0.5) is 0 Å². The highest BCUT2D eigenvalue weighted by Crippen LogP contribution is 2.24. The molecular formula is C13H15BrN2O. The van der Waals surface area contributed by atoms with Crippen LogP contribution in [-0.4, -0.2) is 11.5 Å². The number of oxazole rings is 1. The van der Waals surface area contributed by atoms with Gasteiger partial charge in [-0.2, -0.15) is 0 Å². The van der Waals surface area contributed by atoms with Crippen LogP contribution in [-0.2, 0) is 6.54 Å². The zero-order chi connectivity index (χ0) is 12.1. The van der Waals surface area contributed by atoms with Gasteiger partial charge in [-0.15, -0.1) is 0 Å². The second kappa shape index (κ2) is 5.98. The molecule has 0 bridgehead atoms. The highest BCUT2D eigenvalue weighted by molar-refractivity contribution is 9.10. The third kappa shape index (κ3) is 3.17. The van der Waals surface area contributed by atoms with Crippen LogP contribution in [0.5, 0.6) is 0 Å². The Labute approximate surface area is 109 Å². The minimum atomic E-state index is 0.746. The number of nitrogens with one attached hydrogen (secondary N) is 1. The lowest BCUT2D eigenvalue weighted by molar-refractivity contribution is 0.569. The van der Waals surface area contributed by atoms with Crippen LogP contribution in [0.15, 0.2) is 39.5 Å². The third-order valence-corrected chi connectivity index (χ3v) is 3.00. The molecule has 0 amide bonds. The van der Waals surface area contributed by atoms with Crippen molar-refractivity contribution in [2.24, 2.45) is 0 Å². The molecule has 0 aliphatic carbocycles. The molecule has 4 heteroatoms. The molecule has 0 aliphatic rings. The quantitative estimate of drug-likeness (QED) is 0.856. The summed E-state index contributed by atoms with van der Waals surface area (Å²) in [6.07, 6.45) is 2.62. The number of hydrogen-bond donors (Lipinski definition) is 1. The van der Waals surface area contributed by atoms with E-state index in [4.69, 9.17) is 4.42 Å². The smallest absolute Gasteiger partial charge is 0.181 e. The summed E-state index contributed by atoms with van der Waals surface area (Å²) in [6, 6.07) is 8.05. The highest BCUT2D eigenvalue weighted by Gasteiger charge is 2.09. The fourth-order valence-electron chi connectivity index (χ4n) is 1.61. The van der Waals surface area contributed by atoms with Crippen molar-refractivity contribution in [1.82, 2.24) is 10.3 Å². The Morgan fingerprint density at radius 3 is 2.76 bits per heavy atom. The molecule has 0 atom stereocenters. The van der Waals surface area contributed by atoms with Gasteiger partial charge in [0, 0.05) is 16.6 Å². The van der Waals surface area contributed by atoms with Crippen molar-refractivity contribution >= 4 is 15.9 Å². The van der Waals surface area contributed by atoms with Gasteiger partial charge in [-0.3, -0.25) is 0 Å². The van der Waals surface area contributed by atoms with Crippen molar-refractivity contribution in [2.45, 2.75) is 19.9 Å². The third-order valence-electron chi connectivity index (χ3n) is 2.47. The van der Waals surface area contributed by atoms with E-state index in [-0.39, 0.29) is 0 Å². The van der Waals surface area contributed by atoms with E-state index in [1.54, 1.807) is 0 Å². The number of halogens is 1. The van der Waals surface area contributed by atoms with Gasteiger partial charge in [0.25, 0.3) is 0 Å². The summed E-state index contributed by atoms with van der Waals surface area (Å²) in [4.78, 5) is 4.25. The number of benzene rings is 1. The number of nitrogens with zero attached hydrogens (tertiary/aromatic N) is 1. The van der Waals surface area contributed by atoms with Gasteiger partial charge in [0.1, 0.15) is 5.69 Å². The summed E-state index contributed by atoms with van der Waals surface area (Å²) < 4.78 is 6.52. The predicted molar refractivity (Wildman–Crippen MR) is 71.6 cm³/mol. The van der Waals surface area contributed by atoms with Gasteiger partial charge in [-0.05, 0) is 25.1 Å². The van der Waals surface area contributed by atoms with Crippen LogP contribution in [0.25, 0.3) is 11.3 Å². The molecule has 0 saturated heterocycles. The van der Waals surface area contributed by atoms with Crippen LogP contribution in [0.2, 0.25) is 0 Å². The Balaban J connectivity index is 2.15. The maximum atomic E-state index is 5.45. The van der Waals surface area contributed by atoms with E-state index in [9.17, 15) is 0 Å². The van der Waals surface area contributed by atoms with E-state index >= 15 is 0 Å². The Kier molecular flexibility index (Phi) is 4.34. The largest absolute Gasteiger partial charge is 0.443 e. The maximum Gasteiger partial charge on any atom is 0.181 e. The van der Waals surface area contributed by atoms with Gasteiger partial charge in [-0.1, -0.05) is 35.0 Å². The van der Waals surface area contributed by atoms with Gasteiger partial charge in [0.2, 0.25) is 0 Å². The van der Waals surface area contributed by atoms with E-state index in [0.717, 1.165) is 41.0 Å². The number of rotatable bonds is 5. The molecule has 0 unspecified atom stereocenters. The van der Waals surface area contributed by atoms with E-state index in [2.05, 4.69) is 33.2 Å². The molecule has 3 nitrogen and oxygen atoms in total. The van der Waals surface area contributed by atoms with E-state index in [1.807, 2.05) is 24.3 Å². The molecule has 0 spiro atoms. The molecule has 0 radical (unpaired) electrons. The number of hydrogen-bond acceptors (Lipinski definition) is 3. The van der Waals surface area contributed by atoms with Crippen molar-refractivity contribution in [3.63, 3.8) is 0 Å². The molecule has 0 fully saturated rings. The monoisotopic (exact) mass is 294 g/mol. The summed E-state index contributed by atoms with van der Waals surface area (Å²) in [5.74, 6) is 0.848. The number of aromatic nitrogens is 1. The molecule has 1 aromatic carbocycles. The average molecular weight is 295 g/mol. The molecule has 1 heterocycles. The summed E-state index contributed by atoms with van der Waals surface area (Å²) in [5.41, 5.74) is 2.01. The first-order chi connectivity index (χ1) is 8.31. The Morgan fingerprint density at radius 2 is 2.06 bits per heavy atom. The van der Waals surface area contributed by atoms with Gasteiger partial charge >= 0.3 is 0 Å². The topological polar surface area (TPSA) is 38.1 Å². The van der Waals surface area contributed by atoms with Gasteiger partial charge in [0.15, 0.2) is 12.2 Å². The SMILES string of the molecule is CCCNCc1ncoc1-c1ccc(Br)cc1. The summed E-state index contributed by atoms with van der Waals surface area (Å²) in [5, 5.41) is 3.33. The van der Waals surface area contributed by atoms with Crippen molar-refractivity contribution in [3.05, 3.63) is 40.8 Å². The zero-order valence-corrected chi connectivity index (χ0v) is 11.3. The minimum absolute atomic E-state index is 0.746. The molecule has 2 rings (SSSR count). The molecule has 17 heavy (non-hydrogen) atoms. The fourth-order valence-corrected chi connectivity index (χ4v) is 1.88. The lowest BCUT2D eigenvalue weighted by Crippen LogP contribution is -2.14. The average Bonchev–Trinajstić information content (AvgIpc) is 2.79. The molecule has 1 N–H and O–H groups in total. The summed E-state index contributed by atoms with van der Waals surface area (Å²) in [6.45, 7) is 3.88. The van der Waals surface area contributed by atoms with Crippen LogP contribution >= 0.6 is 15.9 Å². The Bertz CT molecular complexity index is 465. The Hall–Kier alpha value is -1.13. The normalized spacial score (nSPS) is 10.7. The first kappa shape index (κ1) is 12.3. The minimum Gasteiger partial charge on any atom is -0.443 e. The van der Waals surface area contributed by atoms with E-state index < -0.39 is 0 Å².